The first-order valence-corrected chi connectivity index (χ1v) is 9.54. The van der Waals surface area contributed by atoms with Crippen LogP contribution in [0.25, 0.3) is 11.4 Å². The van der Waals surface area contributed by atoms with Gasteiger partial charge in [0.1, 0.15) is 18.1 Å². The van der Waals surface area contributed by atoms with E-state index in [1.165, 1.54) is 0 Å². The topological polar surface area (TPSA) is 91.2 Å². The van der Waals surface area contributed by atoms with E-state index in [4.69, 9.17) is 9.47 Å². The fourth-order valence-corrected chi connectivity index (χ4v) is 3.41. The van der Waals surface area contributed by atoms with Crippen molar-refractivity contribution >= 4 is 11.6 Å². The lowest BCUT2D eigenvalue weighted by Gasteiger charge is -2.25. The molecule has 1 atom stereocenters. The van der Waals surface area contributed by atoms with Crippen molar-refractivity contribution in [1.82, 2.24) is 20.2 Å². The number of carbonyl (C=O) groups is 1. The lowest BCUT2D eigenvalue weighted by Crippen LogP contribution is -2.32. The molecule has 2 heterocycles. The molecule has 3 aromatic rings. The van der Waals surface area contributed by atoms with Crippen molar-refractivity contribution < 1.29 is 14.3 Å². The third-order valence-corrected chi connectivity index (χ3v) is 4.95. The number of nitrogens with zero attached hydrogens (tertiary/aromatic N) is 4. The highest BCUT2D eigenvalue weighted by Gasteiger charge is 2.27. The van der Waals surface area contributed by atoms with Crippen molar-refractivity contribution in [2.45, 2.75) is 26.3 Å². The maximum atomic E-state index is 13.0. The van der Waals surface area contributed by atoms with E-state index in [-0.39, 0.29) is 17.9 Å². The normalized spacial score (nSPS) is 15.5. The van der Waals surface area contributed by atoms with E-state index >= 15 is 0 Å². The van der Waals surface area contributed by atoms with Crippen molar-refractivity contribution in [1.29, 1.82) is 0 Å². The van der Waals surface area contributed by atoms with E-state index in [1.807, 2.05) is 56.3 Å². The SMILES string of the molecule is COc1ccc2c(c1)CC(C(=O)Nc1ccccc1-c1nnnn1C(C)C)CO2. The van der Waals surface area contributed by atoms with Gasteiger partial charge in [-0.25, -0.2) is 4.68 Å². The van der Waals surface area contributed by atoms with Gasteiger partial charge in [0.15, 0.2) is 5.82 Å². The molecule has 1 unspecified atom stereocenters. The number of para-hydroxylation sites is 1. The van der Waals surface area contributed by atoms with Gasteiger partial charge in [-0.3, -0.25) is 4.79 Å². The summed E-state index contributed by atoms with van der Waals surface area (Å²) in [5, 5.41) is 15.0. The first-order chi connectivity index (χ1) is 14.1. The highest BCUT2D eigenvalue weighted by molar-refractivity contribution is 5.96. The van der Waals surface area contributed by atoms with Crippen molar-refractivity contribution in [2.75, 3.05) is 19.0 Å². The minimum atomic E-state index is -0.302. The number of benzene rings is 2. The molecule has 0 radical (unpaired) electrons. The van der Waals surface area contributed by atoms with Crippen LogP contribution in [0.5, 0.6) is 11.5 Å². The summed E-state index contributed by atoms with van der Waals surface area (Å²) >= 11 is 0. The zero-order chi connectivity index (χ0) is 20.4. The average Bonchev–Trinajstić information content (AvgIpc) is 3.23. The molecule has 0 aliphatic carbocycles. The summed E-state index contributed by atoms with van der Waals surface area (Å²) in [7, 11) is 1.62. The molecule has 29 heavy (non-hydrogen) atoms. The number of carbonyl (C=O) groups excluding carboxylic acids is 1. The zero-order valence-electron chi connectivity index (χ0n) is 16.6. The molecule has 0 saturated heterocycles. The Morgan fingerprint density at radius 1 is 1.28 bits per heavy atom. The van der Waals surface area contributed by atoms with Crippen molar-refractivity contribution in [3.8, 4) is 22.9 Å². The summed E-state index contributed by atoms with van der Waals surface area (Å²) in [6.07, 6.45) is 0.588. The van der Waals surface area contributed by atoms with Gasteiger partial charge in [-0.15, -0.1) is 5.10 Å². The molecule has 0 saturated carbocycles. The minimum absolute atomic E-state index is 0.0991. The number of hydrogen-bond donors (Lipinski definition) is 1. The molecule has 0 fully saturated rings. The smallest absolute Gasteiger partial charge is 0.231 e. The number of ether oxygens (including phenoxy) is 2. The maximum Gasteiger partial charge on any atom is 0.231 e. The summed E-state index contributed by atoms with van der Waals surface area (Å²) < 4.78 is 12.8. The maximum absolute atomic E-state index is 13.0. The predicted octanol–water partition coefficient (Wildman–Crippen LogP) is 3.12. The van der Waals surface area contributed by atoms with Crippen LogP contribution in [0.1, 0.15) is 25.5 Å². The van der Waals surface area contributed by atoms with E-state index in [0.717, 1.165) is 22.6 Å². The Labute approximate surface area is 168 Å². The molecule has 4 rings (SSSR count). The van der Waals surface area contributed by atoms with Gasteiger partial charge < -0.3 is 14.8 Å². The second kappa shape index (κ2) is 7.90. The fraction of sp³-hybridized carbons (Fsp3) is 0.333. The number of tetrazole rings is 1. The predicted molar refractivity (Wildman–Crippen MR) is 108 cm³/mol. The number of fused-ring (bicyclic) bond motifs is 1. The van der Waals surface area contributed by atoms with E-state index in [9.17, 15) is 4.79 Å². The Bertz CT molecular complexity index is 1030. The third-order valence-electron chi connectivity index (χ3n) is 4.95. The molecule has 1 N–H and O–H groups in total. The number of methoxy groups -OCH3 is 1. The van der Waals surface area contributed by atoms with Crippen LogP contribution in [0.15, 0.2) is 42.5 Å². The summed E-state index contributed by atoms with van der Waals surface area (Å²) in [5.41, 5.74) is 2.41. The zero-order valence-corrected chi connectivity index (χ0v) is 16.6. The van der Waals surface area contributed by atoms with Gasteiger partial charge in [0.05, 0.1) is 24.8 Å². The van der Waals surface area contributed by atoms with Gasteiger partial charge in [-0.05, 0) is 66.6 Å². The van der Waals surface area contributed by atoms with Gasteiger partial charge in [0.25, 0.3) is 0 Å². The summed E-state index contributed by atoms with van der Waals surface area (Å²) in [6, 6.07) is 13.3. The highest BCUT2D eigenvalue weighted by atomic mass is 16.5. The van der Waals surface area contributed by atoms with Gasteiger partial charge in [0.2, 0.25) is 5.91 Å². The number of aromatic nitrogens is 4. The highest BCUT2D eigenvalue weighted by Crippen LogP contribution is 2.32. The Kier molecular flexibility index (Phi) is 5.16. The molecular weight excluding hydrogens is 370 g/mol. The molecule has 150 valence electrons. The van der Waals surface area contributed by atoms with E-state index in [0.29, 0.717) is 24.5 Å². The van der Waals surface area contributed by atoms with Crippen LogP contribution in [0.4, 0.5) is 5.69 Å². The largest absolute Gasteiger partial charge is 0.497 e. The number of hydrogen-bond acceptors (Lipinski definition) is 6. The number of anilines is 1. The Balaban J connectivity index is 1.56. The quantitative estimate of drug-likeness (QED) is 0.716. The van der Waals surface area contributed by atoms with Gasteiger partial charge >= 0.3 is 0 Å². The third kappa shape index (κ3) is 3.78. The molecule has 8 heteroatoms. The lowest BCUT2D eigenvalue weighted by molar-refractivity contribution is -0.121. The van der Waals surface area contributed by atoms with Crippen LogP contribution in [0, 0.1) is 5.92 Å². The van der Waals surface area contributed by atoms with E-state index < -0.39 is 0 Å². The van der Waals surface area contributed by atoms with Gasteiger partial charge in [-0.1, -0.05) is 12.1 Å². The summed E-state index contributed by atoms with van der Waals surface area (Å²) in [5.74, 6) is 1.76. The van der Waals surface area contributed by atoms with Crippen molar-refractivity contribution in [2.24, 2.45) is 5.92 Å². The molecule has 0 spiro atoms. The summed E-state index contributed by atoms with van der Waals surface area (Å²) in [6.45, 7) is 4.34. The van der Waals surface area contributed by atoms with Crippen molar-refractivity contribution in [3.05, 3.63) is 48.0 Å². The monoisotopic (exact) mass is 393 g/mol. The number of rotatable bonds is 5. The molecule has 1 amide bonds. The van der Waals surface area contributed by atoms with Gasteiger partial charge in [-0.2, -0.15) is 0 Å². The van der Waals surface area contributed by atoms with E-state index in [1.54, 1.807) is 11.8 Å². The Morgan fingerprint density at radius 3 is 2.90 bits per heavy atom. The van der Waals surface area contributed by atoms with Crippen LogP contribution in [-0.2, 0) is 11.2 Å². The molecule has 8 nitrogen and oxygen atoms in total. The fourth-order valence-electron chi connectivity index (χ4n) is 3.41. The van der Waals surface area contributed by atoms with Crippen LogP contribution < -0.4 is 14.8 Å². The van der Waals surface area contributed by atoms with Gasteiger partial charge in [0, 0.05) is 5.56 Å². The van der Waals surface area contributed by atoms with E-state index in [2.05, 4.69) is 20.8 Å². The van der Waals surface area contributed by atoms with Crippen LogP contribution in [-0.4, -0.2) is 39.8 Å². The molecule has 1 aliphatic heterocycles. The van der Waals surface area contributed by atoms with Crippen LogP contribution >= 0.6 is 0 Å². The molecule has 1 aliphatic rings. The molecular formula is C21H23N5O3. The molecule has 2 aromatic carbocycles. The summed E-state index contributed by atoms with van der Waals surface area (Å²) in [4.78, 5) is 13.0. The molecule has 0 bridgehead atoms. The average molecular weight is 393 g/mol. The second-order valence-corrected chi connectivity index (χ2v) is 7.26. The van der Waals surface area contributed by atoms with Crippen LogP contribution in [0.2, 0.25) is 0 Å². The number of nitrogens with one attached hydrogen (secondary N) is 1. The first kappa shape index (κ1) is 18.9. The Hall–Kier alpha value is -3.42. The second-order valence-electron chi connectivity index (χ2n) is 7.26. The molecule has 1 aromatic heterocycles. The standard InChI is InChI=1S/C21H23N5O3/c1-13(2)26-20(23-24-25-26)17-6-4-5-7-18(17)22-21(27)15-10-14-11-16(28-3)8-9-19(14)29-12-15/h4-9,11,13,15H,10,12H2,1-3H3,(H,22,27). The van der Waals surface area contributed by atoms with Crippen molar-refractivity contribution in [3.63, 3.8) is 0 Å². The minimum Gasteiger partial charge on any atom is -0.497 e. The Morgan fingerprint density at radius 2 is 2.10 bits per heavy atom. The lowest BCUT2D eigenvalue weighted by atomic mass is 9.95. The first-order valence-electron chi connectivity index (χ1n) is 9.54. The number of amides is 1. The van der Waals surface area contributed by atoms with Crippen LogP contribution in [0.3, 0.4) is 0 Å².